The monoisotopic (exact) mass is 225 g/mol. The smallest absolute Gasteiger partial charge is 0 e. The van der Waals surface area contributed by atoms with E-state index in [0.717, 1.165) is 0 Å². The molecule has 0 fully saturated rings. The van der Waals surface area contributed by atoms with Crippen molar-refractivity contribution in [3.8, 4) is 0 Å². The first kappa shape index (κ1) is 16.4. The molecule has 1 radical (unpaired) electrons. The van der Waals surface area contributed by atoms with Gasteiger partial charge in [0.2, 0.25) is 0 Å². The van der Waals surface area contributed by atoms with Gasteiger partial charge in [-0.2, -0.15) is 0 Å². The second kappa shape index (κ2) is 6.91. The van der Waals surface area contributed by atoms with E-state index in [4.69, 9.17) is 19.2 Å². The van der Waals surface area contributed by atoms with E-state index in [9.17, 15) is 0 Å². The first-order valence-electron chi connectivity index (χ1n) is 0.894. The maximum atomic E-state index is 7.33. The molecule has 0 saturated carbocycles. The van der Waals surface area contributed by atoms with Crippen LogP contribution >= 0.6 is 0 Å². The van der Waals surface area contributed by atoms with Crippen molar-refractivity contribution in [2.75, 3.05) is 0 Å². The molecule has 0 heterocycles. The Morgan fingerprint density at radius 1 is 0.857 bits per heavy atom. The minimum absolute atomic E-state index is 0. The first-order valence-corrected chi connectivity index (χ1v) is 2.68. The Balaban J connectivity index is -0.0000000800. The van der Waals surface area contributed by atoms with Gasteiger partial charge >= 0.3 is 60.4 Å². The van der Waals surface area contributed by atoms with Crippen LogP contribution in [-0.2, 0) is 32.7 Å². The third-order valence-corrected chi connectivity index (χ3v) is 0. The Bertz CT molecular complexity index is 27.2. The van der Waals surface area contributed by atoms with Crippen molar-refractivity contribution in [3.05, 3.63) is 0 Å². The zero-order chi connectivity index (χ0) is 4.50. The molecule has 0 aromatic rings. The molecule has 0 aliphatic rings. The molecule has 0 unspecified atom stereocenters. The van der Waals surface area contributed by atoms with Gasteiger partial charge in [0.05, 0.1) is 0 Å². The number of rotatable bonds is 0. The summed E-state index contributed by atoms with van der Waals surface area (Å²) in [7, 11) is -4.61. The van der Waals surface area contributed by atoms with E-state index in [1.165, 1.54) is 0 Å². The van der Waals surface area contributed by atoms with Gasteiger partial charge in [-0.15, -0.1) is 0 Å². The quantitative estimate of drug-likeness (QED) is 0.326. The molecule has 0 bridgehead atoms. The fraction of sp³-hybridized carbons (Fsp3) is 0. The van der Waals surface area contributed by atoms with E-state index in [1.807, 2.05) is 0 Å². The summed E-state index contributed by atoms with van der Waals surface area (Å²) in [5.41, 5.74) is 0. The largest absolute Gasteiger partial charge is 0 e. The molecule has 0 aliphatic carbocycles. The average Bonchev–Trinajstić information content (AvgIpc) is 0.722. The summed E-state index contributed by atoms with van der Waals surface area (Å²) in [6.45, 7) is 0. The normalized spacial score (nSPS) is 8.57. The van der Waals surface area contributed by atoms with Gasteiger partial charge in [0.25, 0.3) is 0 Å². The molecule has 4 nitrogen and oxygen atoms in total. The average molecular weight is 225 g/mol. The van der Waals surface area contributed by atoms with Crippen LogP contribution in [0.1, 0.15) is 0 Å². The van der Waals surface area contributed by atoms with Crippen LogP contribution in [0.4, 0.5) is 0 Å². The first-order chi connectivity index (χ1) is 2.00. The van der Waals surface area contributed by atoms with Crippen LogP contribution in [0.3, 0.4) is 0 Å². The minimum Gasteiger partial charge on any atom is 0 e. The van der Waals surface area contributed by atoms with Crippen molar-refractivity contribution in [2.24, 2.45) is 0 Å². The van der Waals surface area contributed by atoms with Gasteiger partial charge in [0.15, 0.2) is 0 Å². The van der Waals surface area contributed by atoms with E-state index in [2.05, 4.69) is 0 Å². The summed E-state index contributed by atoms with van der Waals surface area (Å²) < 4.78 is 0. The molecular formula is H5KO4SiY. The van der Waals surface area contributed by atoms with Gasteiger partial charge in [-0.1, -0.05) is 0 Å². The van der Waals surface area contributed by atoms with Gasteiger partial charge in [-0.05, 0) is 0 Å². The van der Waals surface area contributed by atoms with Crippen LogP contribution in [0.15, 0.2) is 0 Å². The predicted octanol–water partition coefficient (Wildman–Crippen LogP) is -3.26. The molecule has 0 atom stereocenters. The predicted molar refractivity (Wildman–Crippen MR) is 21.8 cm³/mol. The van der Waals surface area contributed by atoms with Crippen molar-refractivity contribution in [3.63, 3.8) is 0 Å². The zero-order valence-corrected chi connectivity index (χ0v) is 6.70. The summed E-state index contributed by atoms with van der Waals surface area (Å²) in [4.78, 5) is 29.3. The second-order valence-electron chi connectivity index (χ2n) is 0.600. The third kappa shape index (κ3) is 51.9. The summed E-state index contributed by atoms with van der Waals surface area (Å²) in [6, 6.07) is 0. The van der Waals surface area contributed by atoms with Crippen molar-refractivity contribution in [2.45, 2.75) is 0 Å². The van der Waals surface area contributed by atoms with E-state index < -0.39 is 9.05 Å². The molecule has 0 amide bonds. The van der Waals surface area contributed by atoms with Crippen molar-refractivity contribution < 1.29 is 51.9 Å². The van der Waals surface area contributed by atoms with Gasteiger partial charge in [0, 0.05) is 32.7 Å². The van der Waals surface area contributed by atoms with Crippen LogP contribution in [0.25, 0.3) is 0 Å². The van der Waals surface area contributed by atoms with E-state index in [1.54, 1.807) is 0 Å². The van der Waals surface area contributed by atoms with Crippen LogP contribution in [-0.4, -0.2) is 79.6 Å². The van der Waals surface area contributed by atoms with Crippen LogP contribution in [0.2, 0.25) is 0 Å². The van der Waals surface area contributed by atoms with Crippen LogP contribution < -0.4 is 0 Å². The van der Waals surface area contributed by atoms with E-state index in [0.29, 0.717) is 0 Å². The summed E-state index contributed by atoms with van der Waals surface area (Å²) in [5.74, 6) is 0. The summed E-state index contributed by atoms with van der Waals surface area (Å²) in [6.07, 6.45) is 0. The minimum atomic E-state index is -4.61. The number of hydrogen-bond donors (Lipinski definition) is 4. The van der Waals surface area contributed by atoms with Gasteiger partial charge in [-0.3, -0.25) is 0 Å². The Morgan fingerprint density at radius 3 is 0.857 bits per heavy atom. The summed E-state index contributed by atoms with van der Waals surface area (Å²) >= 11 is 0. The Morgan fingerprint density at radius 2 is 0.857 bits per heavy atom. The molecule has 0 aromatic heterocycles. The molecule has 37 valence electrons. The zero-order valence-electron chi connectivity index (χ0n) is 2.87. The standard InChI is InChI=1S/K.H4O4Si.Y.H/c;1-5(2,3)4;;/h;1-4H;;. The fourth-order valence-corrected chi connectivity index (χ4v) is 0. The van der Waals surface area contributed by atoms with Gasteiger partial charge < -0.3 is 19.2 Å². The van der Waals surface area contributed by atoms with Crippen molar-refractivity contribution in [1.82, 2.24) is 0 Å². The topological polar surface area (TPSA) is 80.9 Å². The van der Waals surface area contributed by atoms with Crippen molar-refractivity contribution in [1.29, 1.82) is 0 Å². The Kier molecular flexibility index (Phi) is 16.2. The number of hydrogen-bond acceptors (Lipinski definition) is 4. The van der Waals surface area contributed by atoms with E-state index >= 15 is 0 Å². The van der Waals surface area contributed by atoms with Crippen LogP contribution in [0, 0.1) is 0 Å². The second-order valence-corrected chi connectivity index (χ2v) is 1.80. The molecular weight excluding hydrogens is 220 g/mol. The molecule has 0 rings (SSSR count). The van der Waals surface area contributed by atoms with Crippen LogP contribution in [0.5, 0.6) is 0 Å². The molecule has 4 N–H and O–H groups in total. The molecule has 0 saturated heterocycles. The van der Waals surface area contributed by atoms with E-state index in [-0.39, 0.29) is 84.1 Å². The SMILES string of the molecule is O[Si](O)(O)O.[KH].[Y]. The molecule has 0 spiro atoms. The maximum Gasteiger partial charge on any atom is 0 e. The third-order valence-electron chi connectivity index (χ3n) is 0. The molecule has 7 heavy (non-hydrogen) atoms. The fourth-order valence-electron chi connectivity index (χ4n) is 0. The van der Waals surface area contributed by atoms with Gasteiger partial charge in [0.1, 0.15) is 0 Å². The Hall–Kier alpha value is 2.80. The Labute approximate surface area is 110 Å². The van der Waals surface area contributed by atoms with Crippen molar-refractivity contribution >= 4 is 60.4 Å². The van der Waals surface area contributed by atoms with Gasteiger partial charge in [-0.25, -0.2) is 0 Å². The summed E-state index contributed by atoms with van der Waals surface area (Å²) in [5, 5.41) is 0. The molecule has 0 aliphatic heterocycles. The molecule has 0 aromatic carbocycles. The maximum absolute atomic E-state index is 7.33. The molecule has 7 heteroatoms.